The first-order chi connectivity index (χ1) is 8.59. The Bertz CT molecular complexity index is 447. The predicted octanol–water partition coefficient (Wildman–Crippen LogP) is 1.04. The molecule has 0 saturated carbocycles. The summed E-state index contributed by atoms with van der Waals surface area (Å²) < 4.78 is 0. The van der Waals surface area contributed by atoms with Crippen LogP contribution in [0, 0.1) is 6.92 Å². The molecular formula is C13H20N4O. The van der Waals surface area contributed by atoms with E-state index in [0.29, 0.717) is 17.4 Å². The van der Waals surface area contributed by atoms with Crippen molar-refractivity contribution in [3.05, 3.63) is 23.4 Å². The minimum atomic E-state index is -0.431. The Morgan fingerprint density at radius 3 is 3.06 bits per heavy atom. The van der Waals surface area contributed by atoms with E-state index in [-0.39, 0.29) is 6.04 Å². The van der Waals surface area contributed by atoms with Crippen molar-refractivity contribution in [2.75, 3.05) is 11.9 Å². The van der Waals surface area contributed by atoms with E-state index in [9.17, 15) is 4.79 Å². The van der Waals surface area contributed by atoms with Crippen LogP contribution in [0.5, 0.6) is 0 Å². The van der Waals surface area contributed by atoms with E-state index in [1.54, 1.807) is 12.3 Å². The zero-order chi connectivity index (χ0) is 13.1. The van der Waals surface area contributed by atoms with Gasteiger partial charge in [-0.3, -0.25) is 4.79 Å². The van der Waals surface area contributed by atoms with Crippen LogP contribution in [0.25, 0.3) is 0 Å². The lowest BCUT2D eigenvalue weighted by Crippen LogP contribution is -2.47. The average Bonchev–Trinajstić information content (AvgIpc) is 2.31. The van der Waals surface area contributed by atoms with Crippen LogP contribution < -0.4 is 16.4 Å². The fourth-order valence-electron chi connectivity index (χ4n) is 2.40. The fourth-order valence-corrected chi connectivity index (χ4v) is 2.40. The van der Waals surface area contributed by atoms with Crippen molar-refractivity contribution in [3.63, 3.8) is 0 Å². The van der Waals surface area contributed by atoms with Gasteiger partial charge in [-0.2, -0.15) is 0 Å². The molecule has 98 valence electrons. The first-order valence-corrected chi connectivity index (χ1v) is 6.35. The lowest BCUT2D eigenvalue weighted by Gasteiger charge is -2.31. The summed E-state index contributed by atoms with van der Waals surface area (Å²) in [5, 5.41) is 6.76. The van der Waals surface area contributed by atoms with Crippen molar-refractivity contribution in [1.82, 2.24) is 10.3 Å². The molecule has 5 nitrogen and oxygen atoms in total. The van der Waals surface area contributed by atoms with Gasteiger partial charge in [0.25, 0.3) is 5.91 Å². The molecule has 1 fully saturated rings. The standard InChI is InChI=1S/C13H20N4O/c1-8-5-7-16-13(11(8)12(14)18)17-10-4-3-6-15-9(10)2/h5,7,9-10,15H,3-4,6H2,1-2H3,(H2,14,18)(H,16,17). The van der Waals surface area contributed by atoms with Crippen LogP contribution in [0.2, 0.25) is 0 Å². The number of carbonyl (C=O) groups excluding carboxylic acids is 1. The van der Waals surface area contributed by atoms with E-state index in [2.05, 4.69) is 22.5 Å². The molecule has 2 atom stereocenters. The number of primary amides is 1. The highest BCUT2D eigenvalue weighted by molar-refractivity contribution is 5.99. The Morgan fingerprint density at radius 2 is 2.39 bits per heavy atom. The quantitative estimate of drug-likeness (QED) is 0.746. The average molecular weight is 248 g/mol. The molecule has 18 heavy (non-hydrogen) atoms. The minimum Gasteiger partial charge on any atom is -0.365 e. The van der Waals surface area contributed by atoms with Crippen molar-refractivity contribution in [2.45, 2.75) is 38.8 Å². The number of pyridine rings is 1. The van der Waals surface area contributed by atoms with Crippen LogP contribution in [-0.2, 0) is 0 Å². The second-order valence-corrected chi connectivity index (χ2v) is 4.85. The molecule has 0 radical (unpaired) electrons. The van der Waals surface area contributed by atoms with E-state index < -0.39 is 5.91 Å². The van der Waals surface area contributed by atoms with Gasteiger partial charge < -0.3 is 16.4 Å². The molecule has 0 spiro atoms. The second-order valence-electron chi connectivity index (χ2n) is 4.85. The number of amides is 1. The molecule has 1 aromatic rings. The molecule has 2 rings (SSSR count). The lowest BCUT2D eigenvalue weighted by molar-refractivity contribution is 0.1000. The number of nitrogens with zero attached hydrogens (tertiary/aromatic N) is 1. The molecule has 2 heterocycles. The van der Waals surface area contributed by atoms with E-state index >= 15 is 0 Å². The van der Waals surface area contributed by atoms with Gasteiger partial charge in [-0.1, -0.05) is 0 Å². The van der Waals surface area contributed by atoms with Crippen LogP contribution in [-0.4, -0.2) is 29.5 Å². The van der Waals surface area contributed by atoms with Crippen molar-refractivity contribution in [3.8, 4) is 0 Å². The SMILES string of the molecule is Cc1ccnc(NC2CCCNC2C)c1C(N)=O. The lowest BCUT2D eigenvalue weighted by atomic mass is 9.99. The summed E-state index contributed by atoms with van der Waals surface area (Å²) in [7, 11) is 0. The highest BCUT2D eigenvalue weighted by Crippen LogP contribution is 2.20. The van der Waals surface area contributed by atoms with Gasteiger partial charge in [-0.05, 0) is 44.9 Å². The number of hydrogen-bond donors (Lipinski definition) is 3. The molecule has 1 saturated heterocycles. The minimum absolute atomic E-state index is 0.283. The largest absolute Gasteiger partial charge is 0.365 e. The number of nitrogens with one attached hydrogen (secondary N) is 2. The molecule has 1 aliphatic rings. The maximum absolute atomic E-state index is 11.5. The Hall–Kier alpha value is -1.62. The molecule has 0 aliphatic carbocycles. The van der Waals surface area contributed by atoms with Crippen LogP contribution in [0.1, 0.15) is 35.7 Å². The molecule has 0 aromatic carbocycles. The topological polar surface area (TPSA) is 80.0 Å². The Kier molecular flexibility index (Phi) is 3.81. The number of anilines is 1. The number of aryl methyl sites for hydroxylation is 1. The van der Waals surface area contributed by atoms with Gasteiger partial charge in [-0.15, -0.1) is 0 Å². The molecular weight excluding hydrogens is 228 g/mol. The zero-order valence-electron chi connectivity index (χ0n) is 10.9. The summed E-state index contributed by atoms with van der Waals surface area (Å²) in [4.78, 5) is 15.7. The third-order valence-corrected chi connectivity index (χ3v) is 3.49. The first-order valence-electron chi connectivity index (χ1n) is 6.35. The molecule has 5 heteroatoms. The summed E-state index contributed by atoms with van der Waals surface area (Å²) in [5.74, 6) is 0.169. The van der Waals surface area contributed by atoms with Gasteiger partial charge in [0.1, 0.15) is 5.82 Å². The number of carbonyl (C=O) groups is 1. The molecule has 1 aromatic heterocycles. The van der Waals surface area contributed by atoms with Gasteiger partial charge in [0, 0.05) is 18.3 Å². The highest BCUT2D eigenvalue weighted by Gasteiger charge is 2.23. The first kappa shape index (κ1) is 12.8. The van der Waals surface area contributed by atoms with Crippen LogP contribution >= 0.6 is 0 Å². The van der Waals surface area contributed by atoms with E-state index in [1.807, 2.05) is 6.92 Å². The van der Waals surface area contributed by atoms with Crippen LogP contribution in [0.4, 0.5) is 5.82 Å². The molecule has 2 unspecified atom stereocenters. The monoisotopic (exact) mass is 248 g/mol. The fraction of sp³-hybridized carbons (Fsp3) is 0.538. The van der Waals surface area contributed by atoms with E-state index in [1.165, 1.54) is 0 Å². The molecule has 1 amide bonds. The maximum atomic E-state index is 11.5. The van der Waals surface area contributed by atoms with Crippen LogP contribution in [0.15, 0.2) is 12.3 Å². The third-order valence-electron chi connectivity index (χ3n) is 3.49. The summed E-state index contributed by atoms with van der Waals surface area (Å²) in [6.45, 7) is 5.05. The number of hydrogen-bond acceptors (Lipinski definition) is 4. The van der Waals surface area contributed by atoms with Gasteiger partial charge in [0.2, 0.25) is 0 Å². The third kappa shape index (κ3) is 2.61. The van der Waals surface area contributed by atoms with E-state index in [0.717, 1.165) is 24.9 Å². The number of nitrogens with two attached hydrogens (primary N) is 1. The summed E-state index contributed by atoms with van der Waals surface area (Å²) in [6.07, 6.45) is 3.90. The predicted molar refractivity (Wildman–Crippen MR) is 71.6 cm³/mol. The summed E-state index contributed by atoms with van der Waals surface area (Å²) in [6, 6.07) is 2.45. The van der Waals surface area contributed by atoms with Crippen molar-refractivity contribution < 1.29 is 4.79 Å². The summed E-state index contributed by atoms with van der Waals surface area (Å²) in [5.41, 5.74) is 6.77. The Balaban J connectivity index is 2.23. The van der Waals surface area contributed by atoms with Gasteiger partial charge in [0.15, 0.2) is 0 Å². The normalized spacial score (nSPS) is 23.7. The Morgan fingerprint density at radius 1 is 1.61 bits per heavy atom. The van der Waals surface area contributed by atoms with Crippen LogP contribution in [0.3, 0.4) is 0 Å². The maximum Gasteiger partial charge on any atom is 0.252 e. The smallest absolute Gasteiger partial charge is 0.252 e. The molecule has 1 aliphatic heterocycles. The number of aromatic nitrogens is 1. The Labute approximate surface area is 107 Å². The number of rotatable bonds is 3. The highest BCUT2D eigenvalue weighted by atomic mass is 16.1. The number of piperidine rings is 1. The second kappa shape index (κ2) is 5.35. The zero-order valence-corrected chi connectivity index (χ0v) is 10.9. The molecule has 0 bridgehead atoms. The van der Waals surface area contributed by atoms with Gasteiger partial charge in [-0.25, -0.2) is 4.98 Å². The van der Waals surface area contributed by atoms with Crippen molar-refractivity contribution in [2.24, 2.45) is 5.73 Å². The molecule has 4 N–H and O–H groups in total. The van der Waals surface area contributed by atoms with E-state index in [4.69, 9.17) is 5.73 Å². The summed E-state index contributed by atoms with van der Waals surface area (Å²) >= 11 is 0. The van der Waals surface area contributed by atoms with Gasteiger partial charge in [0.05, 0.1) is 5.56 Å². The van der Waals surface area contributed by atoms with Crippen molar-refractivity contribution in [1.29, 1.82) is 0 Å². The van der Waals surface area contributed by atoms with Crippen molar-refractivity contribution >= 4 is 11.7 Å². The van der Waals surface area contributed by atoms with Gasteiger partial charge >= 0.3 is 0 Å².